The summed E-state index contributed by atoms with van der Waals surface area (Å²) in [5.41, 5.74) is 0. The Labute approximate surface area is 319 Å². The minimum Gasteiger partial charge on any atom is -0.343 e. The van der Waals surface area contributed by atoms with Gasteiger partial charge < -0.3 is 40.0 Å². The third-order valence-electron chi connectivity index (χ3n) is 9.85. The largest absolute Gasteiger partial charge is 0.343 e. The van der Waals surface area contributed by atoms with Crippen molar-refractivity contribution in [2.75, 3.05) is 67.5 Å². The van der Waals surface area contributed by atoms with Gasteiger partial charge in [0.25, 0.3) is 0 Å². The molecule has 0 bridgehead atoms. The monoisotopic (exact) mass is 762 g/mol. The van der Waals surface area contributed by atoms with Crippen molar-refractivity contribution in [1.82, 2.24) is 40.0 Å². The first-order chi connectivity index (χ1) is 25.2. The van der Waals surface area contributed by atoms with Crippen molar-refractivity contribution in [2.45, 2.75) is 104 Å². The smallest absolute Gasteiger partial charge is 0.245 e. The van der Waals surface area contributed by atoms with Gasteiger partial charge >= 0.3 is 0 Å². The molecule has 2 saturated heterocycles. The average molecular weight is 763 g/mol. The van der Waals surface area contributed by atoms with Crippen LogP contribution in [0.2, 0.25) is 0 Å². The molecule has 0 saturated carbocycles. The molecule has 0 spiro atoms. The van der Waals surface area contributed by atoms with Gasteiger partial charge in [0.2, 0.25) is 47.3 Å². The number of ketones is 1. The van der Waals surface area contributed by atoms with Gasteiger partial charge in [-0.2, -0.15) is 0 Å². The lowest BCUT2D eigenvalue weighted by molar-refractivity contribution is -0.148. The van der Waals surface area contributed by atoms with Gasteiger partial charge in [0.1, 0.15) is 18.1 Å². The van der Waals surface area contributed by atoms with E-state index in [9.17, 15) is 43.2 Å². The molecule has 2 aliphatic rings. The molecule has 2 rings (SSSR count). The molecule has 0 aliphatic carbocycles. The molecule has 0 aromatic carbocycles. The predicted molar refractivity (Wildman–Crippen MR) is 199 cm³/mol. The maximum atomic E-state index is 13.9. The Balaban J connectivity index is 1.95. The van der Waals surface area contributed by atoms with E-state index in [2.05, 4.69) is 10.6 Å². The van der Waals surface area contributed by atoms with E-state index < -0.39 is 66.2 Å². The van der Waals surface area contributed by atoms with E-state index in [1.807, 2.05) is 27.7 Å². The number of amides is 8. The van der Waals surface area contributed by atoms with Crippen LogP contribution in [0.25, 0.3) is 0 Å². The molecule has 2 fully saturated rings. The number of nitrogens with zero attached hydrogens (tertiary/aromatic N) is 6. The van der Waals surface area contributed by atoms with E-state index in [0.717, 1.165) is 21.1 Å². The zero-order valence-electron chi connectivity index (χ0n) is 33.8. The summed E-state index contributed by atoms with van der Waals surface area (Å²) < 4.78 is 0. The molecule has 0 unspecified atom stereocenters. The summed E-state index contributed by atoms with van der Waals surface area (Å²) in [5.74, 6) is -3.84. The highest BCUT2D eigenvalue weighted by molar-refractivity contribution is 5.97. The zero-order valence-corrected chi connectivity index (χ0v) is 33.8. The summed E-state index contributed by atoms with van der Waals surface area (Å²) in [6.07, 6.45) is 2.93. The number of carbonyl (C=O) groups excluding carboxylic acids is 9. The molecule has 17 heteroatoms. The van der Waals surface area contributed by atoms with E-state index in [4.69, 9.17) is 0 Å². The summed E-state index contributed by atoms with van der Waals surface area (Å²) in [6, 6.07) is -3.25. The standard InChI is InChI=1S/C37H62N8O9/c1-11-30(47)41(8)20-32(49)43(10)22-33(50)42(9)21-31(48)40(7)19-29(46)38-25(6)35(52)39-26(18-23(2)3)36(53)45-17-13-15-28(45)37(54)44-16-12-14-27(44)34(51)24(4)5/h23-28H,11-22H2,1-10H3,(H,38,46)(H,39,52)/t25-,26-,27-,28-/m0/s1. The molecule has 17 nitrogen and oxygen atoms in total. The van der Waals surface area contributed by atoms with Crippen LogP contribution in [-0.2, 0) is 43.2 Å². The number of rotatable bonds is 18. The van der Waals surface area contributed by atoms with Crippen LogP contribution in [0.1, 0.15) is 80.1 Å². The Hall–Kier alpha value is -4.57. The third kappa shape index (κ3) is 12.8. The van der Waals surface area contributed by atoms with Gasteiger partial charge in [-0.1, -0.05) is 34.6 Å². The molecule has 8 amide bonds. The van der Waals surface area contributed by atoms with Crippen molar-refractivity contribution in [3.63, 3.8) is 0 Å². The number of hydrogen-bond acceptors (Lipinski definition) is 9. The Kier molecular flexibility index (Phi) is 17.5. The summed E-state index contributed by atoms with van der Waals surface area (Å²) in [6.45, 7) is 10.1. The highest BCUT2D eigenvalue weighted by Crippen LogP contribution is 2.27. The van der Waals surface area contributed by atoms with Gasteiger partial charge in [0.05, 0.1) is 32.2 Å². The van der Waals surface area contributed by atoms with Crippen LogP contribution >= 0.6 is 0 Å². The lowest BCUT2D eigenvalue weighted by Gasteiger charge is -2.34. The third-order valence-corrected chi connectivity index (χ3v) is 9.85. The molecule has 2 aliphatic heterocycles. The van der Waals surface area contributed by atoms with E-state index in [1.54, 1.807) is 11.8 Å². The van der Waals surface area contributed by atoms with E-state index >= 15 is 0 Å². The van der Waals surface area contributed by atoms with E-state index in [0.29, 0.717) is 38.8 Å². The fraction of sp³-hybridized carbons (Fsp3) is 0.757. The number of carbonyl (C=O) groups is 9. The van der Waals surface area contributed by atoms with Crippen LogP contribution in [0.15, 0.2) is 0 Å². The number of nitrogens with one attached hydrogen (secondary N) is 2. The van der Waals surface area contributed by atoms with Crippen LogP contribution in [0, 0.1) is 11.8 Å². The van der Waals surface area contributed by atoms with Gasteiger partial charge in [-0.05, 0) is 44.9 Å². The topological polar surface area (TPSA) is 197 Å². The van der Waals surface area contributed by atoms with Crippen molar-refractivity contribution in [1.29, 1.82) is 0 Å². The predicted octanol–water partition coefficient (Wildman–Crippen LogP) is -0.527. The minimum absolute atomic E-state index is 0.0101. The first-order valence-electron chi connectivity index (χ1n) is 18.9. The maximum absolute atomic E-state index is 13.9. The molecular weight excluding hydrogens is 700 g/mol. The van der Waals surface area contributed by atoms with Crippen molar-refractivity contribution in [3.8, 4) is 0 Å². The molecule has 4 atom stereocenters. The number of Topliss-reactive ketones (excluding diaryl/α,β-unsaturated/α-hetero) is 1. The Bertz CT molecular complexity index is 1420. The molecule has 0 aromatic rings. The molecule has 0 aromatic heterocycles. The Morgan fingerprint density at radius 2 is 1.09 bits per heavy atom. The van der Waals surface area contributed by atoms with Crippen molar-refractivity contribution in [3.05, 3.63) is 0 Å². The van der Waals surface area contributed by atoms with Gasteiger partial charge in [0.15, 0.2) is 5.78 Å². The second-order valence-electron chi connectivity index (χ2n) is 15.3. The second-order valence-corrected chi connectivity index (χ2v) is 15.3. The maximum Gasteiger partial charge on any atom is 0.245 e. The van der Waals surface area contributed by atoms with Crippen molar-refractivity contribution < 1.29 is 43.2 Å². The number of likely N-dealkylation sites (N-methyl/N-ethyl adjacent to an activating group) is 4. The molecule has 2 heterocycles. The van der Waals surface area contributed by atoms with Gasteiger partial charge in [-0.3, -0.25) is 43.2 Å². The first-order valence-corrected chi connectivity index (χ1v) is 18.9. The van der Waals surface area contributed by atoms with Crippen LogP contribution in [-0.4, -0.2) is 174 Å². The number of likely N-dealkylation sites (tertiary alicyclic amines) is 2. The molecular formula is C37H62N8O9. The summed E-state index contributed by atoms with van der Waals surface area (Å²) in [4.78, 5) is 124. The first kappa shape index (κ1) is 45.6. The van der Waals surface area contributed by atoms with E-state index in [-0.39, 0.29) is 55.5 Å². The lowest BCUT2D eigenvalue weighted by atomic mass is 9.99. The molecule has 54 heavy (non-hydrogen) atoms. The van der Waals surface area contributed by atoms with Crippen LogP contribution in [0.5, 0.6) is 0 Å². The summed E-state index contributed by atoms with van der Waals surface area (Å²) in [5, 5.41) is 5.31. The van der Waals surface area contributed by atoms with Gasteiger partial charge in [0, 0.05) is 53.6 Å². The van der Waals surface area contributed by atoms with E-state index in [1.165, 1.54) is 44.9 Å². The highest BCUT2D eigenvalue weighted by Gasteiger charge is 2.44. The van der Waals surface area contributed by atoms with Crippen LogP contribution in [0.3, 0.4) is 0 Å². The minimum atomic E-state index is -1.07. The van der Waals surface area contributed by atoms with Gasteiger partial charge in [-0.25, -0.2) is 0 Å². The normalized spacial score (nSPS) is 17.9. The molecule has 304 valence electrons. The molecule has 2 N–H and O–H groups in total. The lowest BCUT2D eigenvalue weighted by Crippen LogP contribution is -2.57. The Morgan fingerprint density at radius 1 is 0.630 bits per heavy atom. The van der Waals surface area contributed by atoms with Crippen LogP contribution < -0.4 is 10.6 Å². The van der Waals surface area contributed by atoms with Gasteiger partial charge in [-0.15, -0.1) is 0 Å². The van der Waals surface area contributed by atoms with Crippen molar-refractivity contribution >= 4 is 53.0 Å². The van der Waals surface area contributed by atoms with Crippen LogP contribution in [0.4, 0.5) is 0 Å². The Morgan fingerprint density at radius 3 is 1.57 bits per heavy atom. The fourth-order valence-electron chi connectivity index (χ4n) is 6.54. The average Bonchev–Trinajstić information content (AvgIpc) is 3.80. The highest BCUT2D eigenvalue weighted by atomic mass is 16.2. The van der Waals surface area contributed by atoms with Crippen molar-refractivity contribution in [2.24, 2.45) is 11.8 Å². The SMILES string of the molecule is CCC(=O)N(C)CC(=O)N(C)CC(=O)N(C)CC(=O)N(C)CC(=O)N[C@@H](C)C(=O)N[C@@H](CC(C)C)C(=O)N1CCC[C@H]1C(=O)N1CCC[C@H]1C(=O)C(C)C. The summed E-state index contributed by atoms with van der Waals surface area (Å²) >= 11 is 0. The summed E-state index contributed by atoms with van der Waals surface area (Å²) in [7, 11) is 5.67. The second kappa shape index (κ2) is 20.8. The zero-order chi connectivity index (χ0) is 41.0. The quantitative estimate of drug-likeness (QED) is 0.185. The number of hydrogen-bond donors (Lipinski definition) is 2. The molecule has 0 radical (unpaired) electrons. The fourth-order valence-corrected chi connectivity index (χ4v) is 6.54.